The van der Waals surface area contributed by atoms with E-state index >= 15 is 0 Å². The van der Waals surface area contributed by atoms with Crippen LogP contribution in [-0.2, 0) is 9.84 Å². The molecule has 30 heavy (non-hydrogen) atoms. The van der Waals surface area contributed by atoms with Gasteiger partial charge in [0, 0.05) is 45.7 Å². The second-order valence-electron chi connectivity index (χ2n) is 6.66. The fourth-order valence-corrected chi connectivity index (χ4v) is 4.07. The summed E-state index contributed by atoms with van der Waals surface area (Å²) < 4.78 is 22.9. The van der Waals surface area contributed by atoms with Crippen molar-refractivity contribution in [2.75, 3.05) is 56.1 Å². The van der Waals surface area contributed by atoms with Gasteiger partial charge in [0.05, 0.1) is 17.1 Å². The maximum atomic E-state index is 12.6. The van der Waals surface area contributed by atoms with Gasteiger partial charge in [-0.3, -0.25) is 9.69 Å². The summed E-state index contributed by atoms with van der Waals surface area (Å²) in [6.45, 7) is 4.65. The first-order valence-electron chi connectivity index (χ1n) is 9.72. The van der Waals surface area contributed by atoms with Crippen molar-refractivity contribution in [3.05, 3.63) is 23.4 Å². The van der Waals surface area contributed by atoms with Gasteiger partial charge in [-0.05, 0) is 25.0 Å². The van der Waals surface area contributed by atoms with Crippen LogP contribution in [0.25, 0.3) is 0 Å². The number of amides is 2. The predicted octanol–water partition coefficient (Wildman–Crippen LogP) is -0.0172. The number of rotatable bonds is 8. The van der Waals surface area contributed by atoms with Crippen LogP contribution in [0.3, 0.4) is 0 Å². The summed E-state index contributed by atoms with van der Waals surface area (Å²) in [6.07, 6.45) is -0.741. The Morgan fingerprint density at radius 2 is 1.93 bits per heavy atom. The van der Waals surface area contributed by atoms with E-state index in [1.54, 1.807) is 12.1 Å². The number of carbonyl (C=O) groups is 2. The van der Waals surface area contributed by atoms with E-state index in [1.165, 1.54) is 0 Å². The molecule has 0 spiro atoms. The Hall–Kier alpha value is -2.84. The minimum absolute atomic E-state index is 0.157. The number of anilines is 1. The molecule has 0 saturated carbocycles. The highest BCUT2D eigenvalue weighted by molar-refractivity contribution is 7.91. The van der Waals surface area contributed by atoms with Crippen LogP contribution in [0.5, 0.6) is 0 Å². The molecule has 0 aromatic carbocycles. The van der Waals surface area contributed by atoms with Gasteiger partial charge in [0.15, 0.2) is 9.84 Å². The van der Waals surface area contributed by atoms with Crippen molar-refractivity contribution in [2.45, 2.75) is 13.3 Å². The Bertz CT molecular complexity index is 909. The molecule has 1 aromatic heterocycles. The first kappa shape index (κ1) is 23.4. The lowest BCUT2D eigenvalue weighted by molar-refractivity contribution is 0.0949. The summed E-state index contributed by atoms with van der Waals surface area (Å²) >= 11 is 0. The maximum Gasteiger partial charge on any atom is 0.404 e. The summed E-state index contributed by atoms with van der Waals surface area (Å²) in [4.78, 5) is 29.3. The molecule has 1 aliphatic rings. The smallest absolute Gasteiger partial charge is 0.404 e. The lowest BCUT2D eigenvalue weighted by Gasteiger charge is -2.26. The molecule has 2 rings (SSSR count). The van der Waals surface area contributed by atoms with E-state index < -0.39 is 15.9 Å². The Labute approximate surface area is 176 Å². The van der Waals surface area contributed by atoms with Crippen LogP contribution in [0.1, 0.15) is 29.4 Å². The zero-order chi connectivity index (χ0) is 22.0. The molecule has 1 aromatic rings. The number of aromatic nitrogens is 1. The van der Waals surface area contributed by atoms with Crippen molar-refractivity contribution >= 4 is 27.7 Å². The van der Waals surface area contributed by atoms with Crippen LogP contribution in [0.2, 0.25) is 0 Å². The lowest BCUT2D eigenvalue weighted by Crippen LogP contribution is -2.43. The first-order chi connectivity index (χ1) is 14.3. The molecule has 0 radical (unpaired) electrons. The highest BCUT2D eigenvalue weighted by Gasteiger charge is 2.21. The largest absolute Gasteiger partial charge is 0.465 e. The van der Waals surface area contributed by atoms with Crippen LogP contribution in [0, 0.1) is 11.8 Å². The standard InChI is InChI=1S/C19H27N5O5S/c1-2-20-17-16(7-6-15(23-17)5-3-4-8-22-19(26)27)18(25)21-9-10-24-11-13-30(28,29)14-12-24/h6-7,22H,2,4,8-14H2,1H3,(H,20,23)(H,21,25)(H,26,27). The quantitative estimate of drug-likeness (QED) is 0.329. The fraction of sp³-hybridized carbons (Fsp3) is 0.526. The number of carbonyl (C=O) groups excluding carboxylic acids is 1. The van der Waals surface area contributed by atoms with Gasteiger partial charge >= 0.3 is 6.09 Å². The summed E-state index contributed by atoms with van der Waals surface area (Å²) in [7, 11) is -2.92. The molecule has 1 fully saturated rings. The van der Waals surface area contributed by atoms with Crippen LogP contribution in [0.15, 0.2) is 12.1 Å². The summed E-state index contributed by atoms with van der Waals surface area (Å²) in [5, 5.41) is 16.7. The number of carboxylic acid groups (broad SMARTS) is 1. The number of sulfone groups is 1. The topological polar surface area (TPSA) is 141 Å². The van der Waals surface area contributed by atoms with E-state index in [1.807, 2.05) is 11.8 Å². The monoisotopic (exact) mass is 437 g/mol. The highest BCUT2D eigenvalue weighted by atomic mass is 32.2. The van der Waals surface area contributed by atoms with Gasteiger partial charge in [0.1, 0.15) is 11.5 Å². The Balaban J connectivity index is 1.91. The molecule has 4 N–H and O–H groups in total. The molecular formula is C19H27N5O5S. The van der Waals surface area contributed by atoms with Crippen LogP contribution in [0.4, 0.5) is 10.6 Å². The zero-order valence-electron chi connectivity index (χ0n) is 16.9. The molecule has 2 heterocycles. The molecule has 0 aliphatic carbocycles. The van der Waals surface area contributed by atoms with Gasteiger partial charge in [0.25, 0.3) is 5.91 Å². The lowest BCUT2D eigenvalue weighted by atomic mass is 10.2. The molecule has 0 unspecified atom stereocenters. The van der Waals surface area contributed by atoms with E-state index in [4.69, 9.17) is 5.11 Å². The first-order valence-corrected chi connectivity index (χ1v) is 11.5. The predicted molar refractivity (Wildman–Crippen MR) is 113 cm³/mol. The van der Waals surface area contributed by atoms with E-state index in [0.29, 0.717) is 56.2 Å². The second kappa shape index (κ2) is 11.4. The average Bonchev–Trinajstić information content (AvgIpc) is 2.69. The number of hydrogen-bond donors (Lipinski definition) is 4. The zero-order valence-corrected chi connectivity index (χ0v) is 17.7. The van der Waals surface area contributed by atoms with E-state index in [2.05, 4.69) is 32.8 Å². The minimum Gasteiger partial charge on any atom is -0.465 e. The molecule has 1 aliphatic heterocycles. The third-order valence-electron chi connectivity index (χ3n) is 4.38. The number of nitrogens with one attached hydrogen (secondary N) is 3. The minimum atomic E-state index is -2.92. The van der Waals surface area contributed by atoms with Crippen molar-refractivity contribution in [3.63, 3.8) is 0 Å². The number of nitrogens with zero attached hydrogens (tertiary/aromatic N) is 2. The van der Waals surface area contributed by atoms with Gasteiger partial charge in [-0.25, -0.2) is 18.2 Å². The average molecular weight is 438 g/mol. The van der Waals surface area contributed by atoms with E-state index in [0.717, 1.165) is 0 Å². The Morgan fingerprint density at radius 1 is 1.20 bits per heavy atom. The molecule has 1 saturated heterocycles. The van der Waals surface area contributed by atoms with Crippen molar-refractivity contribution < 1.29 is 23.1 Å². The van der Waals surface area contributed by atoms with Crippen molar-refractivity contribution in [2.24, 2.45) is 0 Å². The molecule has 2 amide bonds. The molecule has 11 heteroatoms. The van der Waals surface area contributed by atoms with Gasteiger partial charge in [-0.1, -0.05) is 5.92 Å². The van der Waals surface area contributed by atoms with Gasteiger partial charge in [0.2, 0.25) is 0 Å². The van der Waals surface area contributed by atoms with Crippen molar-refractivity contribution in [1.82, 2.24) is 20.5 Å². The van der Waals surface area contributed by atoms with Gasteiger partial charge in [-0.2, -0.15) is 0 Å². The fourth-order valence-electron chi connectivity index (χ4n) is 2.80. The summed E-state index contributed by atoms with van der Waals surface area (Å²) in [5.41, 5.74) is 0.878. The van der Waals surface area contributed by atoms with E-state index in [9.17, 15) is 18.0 Å². The Morgan fingerprint density at radius 3 is 2.60 bits per heavy atom. The molecule has 164 valence electrons. The van der Waals surface area contributed by atoms with Gasteiger partial charge < -0.3 is 21.1 Å². The van der Waals surface area contributed by atoms with Crippen molar-refractivity contribution in [1.29, 1.82) is 0 Å². The van der Waals surface area contributed by atoms with Crippen LogP contribution < -0.4 is 16.0 Å². The van der Waals surface area contributed by atoms with Crippen molar-refractivity contribution in [3.8, 4) is 11.8 Å². The molecule has 0 atom stereocenters. The van der Waals surface area contributed by atoms with Crippen LogP contribution >= 0.6 is 0 Å². The third-order valence-corrected chi connectivity index (χ3v) is 5.99. The Kier molecular flexibility index (Phi) is 8.89. The SMILES string of the molecule is CCNc1nc(C#CCCNC(=O)O)ccc1C(=O)NCCN1CCS(=O)(=O)CC1. The molecule has 10 nitrogen and oxygen atoms in total. The van der Waals surface area contributed by atoms with E-state index in [-0.39, 0.29) is 24.0 Å². The summed E-state index contributed by atoms with van der Waals surface area (Å²) in [6, 6.07) is 3.29. The molecular weight excluding hydrogens is 410 g/mol. The summed E-state index contributed by atoms with van der Waals surface area (Å²) in [5.74, 6) is 6.16. The highest BCUT2D eigenvalue weighted by Crippen LogP contribution is 2.13. The second-order valence-corrected chi connectivity index (χ2v) is 8.96. The molecule has 0 bridgehead atoms. The third kappa shape index (κ3) is 7.88. The number of pyridine rings is 1. The maximum absolute atomic E-state index is 12.6. The normalized spacial score (nSPS) is 15.5. The van der Waals surface area contributed by atoms with Gasteiger partial charge in [-0.15, -0.1) is 0 Å². The van der Waals surface area contributed by atoms with Crippen LogP contribution in [-0.4, -0.2) is 86.2 Å². The number of hydrogen-bond acceptors (Lipinski definition) is 7.